The van der Waals surface area contributed by atoms with Crippen LogP contribution in [0.2, 0.25) is 0 Å². The molecule has 0 rings (SSSR count). The summed E-state index contributed by atoms with van der Waals surface area (Å²) in [6.45, 7) is 6.48. The lowest BCUT2D eigenvalue weighted by atomic mass is 10.2. The van der Waals surface area contributed by atoms with Crippen molar-refractivity contribution in [3.63, 3.8) is 0 Å². The number of rotatable bonds is 9. The van der Waals surface area contributed by atoms with E-state index in [9.17, 15) is 0 Å². The van der Waals surface area contributed by atoms with Crippen molar-refractivity contribution in [1.29, 1.82) is 0 Å². The minimum Gasteiger partial charge on any atom is -0.409 e. The molecule has 4 N–H and O–H groups in total. The lowest BCUT2D eigenvalue weighted by Gasteiger charge is -2.26. The maximum Gasteiger partial charge on any atom is 0.139 e. The summed E-state index contributed by atoms with van der Waals surface area (Å²) in [7, 11) is 0. The maximum absolute atomic E-state index is 8.79. The molecule has 5 heteroatoms. The van der Waals surface area contributed by atoms with Gasteiger partial charge in [-0.3, -0.25) is 0 Å². The first-order valence-electron chi connectivity index (χ1n) is 5.93. The Morgan fingerprint density at radius 2 is 1.88 bits per heavy atom. The van der Waals surface area contributed by atoms with E-state index < -0.39 is 0 Å². The Morgan fingerprint density at radius 1 is 1.25 bits per heavy atom. The van der Waals surface area contributed by atoms with Crippen LogP contribution in [-0.4, -0.2) is 46.8 Å². The van der Waals surface area contributed by atoms with Crippen molar-refractivity contribution in [2.45, 2.75) is 45.6 Å². The molecular formula is C11H25N3O2. The summed E-state index contributed by atoms with van der Waals surface area (Å²) in [5.74, 6) is 0.298. The zero-order valence-electron chi connectivity index (χ0n) is 10.4. The molecule has 0 unspecified atom stereocenters. The van der Waals surface area contributed by atoms with Crippen LogP contribution in [0.5, 0.6) is 0 Å². The Balaban J connectivity index is 3.67. The Morgan fingerprint density at radius 3 is 2.38 bits per heavy atom. The van der Waals surface area contributed by atoms with Crippen LogP contribution in [0.25, 0.3) is 0 Å². The van der Waals surface area contributed by atoms with Crippen molar-refractivity contribution >= 4 is 5.84 Å². The Labute approximate surface area is 97.9 Å². The third kappa shape index (κ3) is 7.48. The van der Waals surface area contributed by atoms with Gasteiger partial charge in [0.05, 0.1) is 0 Å². The van der Waals surface area contributed by atoms with Gasteiger partial charge in [-0.1, -0.05) is 5.16 Å². The lowest BCUT2D eigenvalue weighted by Crippen LogP contribution is -2.33. The lowest BCUT2D eigenvalue weighted by molar-refractivity contribution is 0.189. The number of hydrogen-bond acceptors (Lipinski definition) is 4. The second-order valence-electron chi connectivity index (χ2n) is 4.26. The van der Waals surface area contributed by atoms with Gasteiger partial charge in [-0.15, -0.1) is 0 Å². The Kier molecular flexibility index (Phi) is 8.94. The van der Waals surface area contributed by atoms with E-state index in [-0.39, 0.29) is 6.61 Å². The molecule has 0 aromatic heterocycles. The maximum atomic E-state index is 8.79. The fourth-order valence-electron chi connectivity index (χ4n) is 1.57. The molecule has 0 aromatic carbocycles. The molecule has 0 amide bonds. The van der Waals surface area contributed by atoms with E-state index in [2.05, 4.69) is 23.9 Å². The van der Waals surface area contributed by atoms with Crippen LogP contribution in [0.4, 0.5) is 0 Å². The second-order valence-corrected chi connectivity index (χ2v) is 4.26. The predicted octanol–water partition coefficient (Wildman–Crippen LogP) is 0.996. The molecule has 0 aromatic rings. The quantitative estimate of drug-likeness (QED) is 0.182. The third-order valence-corrected chi connectivity index (χ3v) is 2.59. The van der Waals surface area contributed by atoms with E-state index in [1.807, 2.05) is 0 Å². The van der Waals surface area contributed by atoms with Gasteiger partial charge in [0.25, 0.3) is 0 Å². The van der Waals surface area contributed by atoms with E-state index in [4.69, 9.17) is 16.0 Å². The number of nitrogens with two attached hydrogens (primary N) is 1. The highest BCUT2D eigenvalue weighted by molar-refractivity contribution is 5.79. The van der Waals surface area contributed by atoms with Crippen LogP contribution in [0.3, 0.4) is 0 Å². The molecular weight excluding hydrogens is 206 g/mol. The number of aliphatic hydroxyl groups is 1. The number of nitrogens with zero attached hydrogens (tertiary/aromatic N) is 2. The Hall–Kier alpha value is -0.810. The molecule has 16 heavy (non-hydrogen) atoms. The summed E-state index contributed by atoms with van der Waals surface area (Å²) in [5.41, 5.74) is 5.38. The average molecular weight is 231 g/mol. The van der Waals surface area contributed by atoms with Crippen molar-refractivity contribution < 1.29 is 10.3 Å². The van der Waals surface area contributed by atoms with Gasteiger partial charge in [0.2, 0.25) is 0 Å². The summed E-state index contributed by atoms with van der Waals surface area (Å²) >= 11 is 0. The Bertz CT molecular complexity index is 196. The van der Waals surface area contributed by atoms with E-state index in [1.54, 1.807) is 0 Å². The van der Waals surface area contributed by atoms with E-state index >= 15 is 0 Å². The first-order valence-corrected chi connectivity index (χ1v) is 5.93. The molecule has 0 saturated heterocycles. The van der Waals surface area contributed by atoms with Gasteiger partial charge in [-0.2, -0.15) is 0 Å². The first kappa shape index (κ1) is 15.2. The fourth-order valence-corrected chi connectivity index (χ4v) is 1.57. The highest BCUT2D eigenvalue weighted by Crippen LogP contribution is 2.04. The van der Waals surface area contributed by atoms with Gasteiger partial charge < -0.3 is 20.9 Å². The second kappa shape index (κ2) is 9.42. The molecule has 0 aliphatic rings. The van der Waals surface area contributed by atoms with Crippen molar-refractivity contribution in [3.05, 3.63) is 0 Å². The predicted molar refractivity (Wildman–Crippen MR) is 65.7 cm³/mol. The van der Waals surface area contributed by atoms with E-state index in [1.165, 1.54) is 0 Å². The van der Waals surface area contributed by atoms with Crippen molar-refractivity contribution in [2.24, 2.45) is 10.9 Å². The highest BCUT2D eigenvalue weighted by atomic mass is 16.4. The molecule has 0 aliphatic heterocycles. The van der Waals surface area contributed by atoms with Crippen LogP contribution >= 0.6 is 0 Å². The van der Waals surface area contributed by atoms with Crippen molar-refractivity contribution in [3.8, 4) is 0 Å². The minimum atomic E-state index is 0.243. The topological polar surface area (TPSA) is 82.1 Å². The number of aliphatic hydroxyl groups excluding tert-OH is 1. The molecule has 0 radical (unpaired) electrons. The fraction of sp³-hybridized carbons (Fsp3) is 0.909. The average Bonchev–Trinajstić information content (AvgIpc) is 2.27. The minimum absolute atomic E-state index is 0.243. The number of amidine groups is 1. The molecule has 0 saturated carbocycles. The first-order chi connectivity index (χ1) is 7.61. The largest absolute Gasteiger partial charge is 0.409 e. The van der Waals surface area contributed by atoms with Gasteiger partial charge >= 0.3 is 0 Å². The van der Waals surface area contributed by atoms with Crippen LogP contribution in [0.1, 0.15) is 39.5 Å². The summed E-state index contributed by atoms with van der Waals surface area (Å²) < 4.78 is 0. The van der Waals surface area contributed by atoms with Gasteiger partial charge in [-0.25, -0.2) is 0 Å². The molecule has 0 bridgehead atoms. The molecule has 0 spiro atoms. The molecule has 5 nitrogen and oxygen atoms in total. The van der Waals surface area contributed by atoms with Gasteiger partial charge in [0, 0.05) is 25.6 Å². The summed E-state index contributed by atoms with van der Waals surface area (Å²) in [5, 5.41) is 20.1. The standard InChI is InChI=1S/C11H25N3O2/c1-10(2)14(8-5-9-15)7-4-3-6-11(12)13-16/h10,15-16H,3-9H2,1-2H3,(H2,12,13). The molecule has 0 heterocycles. The highest BCUT2D eigenvalue weighted by Gasteiger charge is 2.08. The summed E-state index contributed by atoms with van der Waals surface area (Å²) in [6, 6.07) is 0.496. The summed E-state index contributed by atoms with van der Waals surface area (Å²) in [6.07, 6.45) is 3.42. The molecule has 0 atom stereocenters. The molecule has 96 valence electrons. The number of oxime groups is 1. The van der Waals surface area contributed by atoms with E-state index in [0.29, 0.717) is 18.3 Å². The van der Waals surface area contributed by atoms with Crippen molar-refractivity contribution in [2.75, 3.05) is 19.7 Å². The third-order valence-electron chi connectivity index (χ3n) is 2.59. The van der Waals surface area contributed by atoms with Gasteiger partial charge in [0.15, 0.2) is 0 Å². The van der Waals surface area contributed by atoms with Crippen molar-refractivity contribution in [1.82, 2.24) is 4.90 Å². The van der Waals surface area contributed by atoms with Gasteiger partial charge in [0.1, 0.15) is 5.84 Å². The molecule has 0 fully saturated rings. The SMILES string of the molecule is CC(C)N(CCCO)CCCCC(N)=NO. The smallest absolute Gasteiger partial charge is 0.139 e. The zero-order chi connectivity index (χ0) is 12.4. The van der Waals surface area contributed by atoms with Crippen LogP contribution in [0, 0.1) is 0 Å². The van der Waals surface area contributed by atoms with Crippen LogP contribution in [0.15, 0.2) is 5.16 Å². The zero-order valence-corrected chi connectivity index (χ0v) is 10.4. The summed E-state index contributed by atoms with van der Waals surface area (Å²) in [4.78, 5) is 2.34. The normalized spacial score (nSPS) is 12.7. The number of unbranched alkanes of at least 4 members (excludes halogenated alkanes) is 1. The van der Waals surface area contributed by atoms with Crippen LogP contribution in [-0.2, 0) is 0 Å². The molecule has 0 aliphatic carbocycles. The van der Waals surface area contributed by atoms with Gasteiger partial charge in [-0.05, 0) is 39.7 Å². The van der Waals surface area contributed by atoms with Crippen LogP contribution < -0.4 is 5.73 Å². The van der Waals surface area contributed by atoms with E-state index in [0.717, 1.165) is 32.4 Å². The number of hydrogen-bond donors (Lipinski definition) is 3. The monoisotopic (exact) mass is 231 g/mol.